The highest BCUT2D eigenvalue weighted by molar-refractivity contribution is 5.80. The number of aliphatic imine (C=N–C) groups is 1. The molecule has 2 fully saturated rings. The van der Waals surface area contributed by atoms with Crippen molar-refractivity contribution in [2.24, 2.45) is 4.99 Å². The quantitative estimate of drug-likeness (QED) is 0.565. The SMILES string of the molecule is CCNC(=NCc1cccnc1Oc1cccc(F)c1)N1CCC(N2CCOCC2)C1. The Kier molecular flexibility index (Phi) is 7.32. The number of hydrogen-bond donors (Lipinski definition) is 1. The lowest BCUT2D eigenvalue weighted by Crippen LogP contribution is -2.46. The standard InChI is InChI=1S/C23H30FN5O2/c1-2-25-23(29-10-8-20(17-29)28-11-13-30-14-12-28)27-16-18-5-4-9-26-22(18)31-21-7-3-6-19(24)15-21/h3-7,9,15,20H,2,8,10-14,16-17H2,1H3,(H,25,27). The van der Waals surface area contributed by atoms with E-state index in [-0.39, 0.29) is 5.82 Å². The van der Waals surface area contributed by atoms with Crippen LogP contribution in [-0.2, 0) is 11.3 Å². The number of guanidine groups is 1. The Morgan fingerprint density at radius 2 is 2.13 bits per heavy atom. The number of nitrogens with zero attached hydrogens (tertiary/aromatic N) is 4. The maximum atomic E-state index is 13.5. The van der Waals surface area contributed by atoms with Gasteiger partial charge in [-0.25, -0.2) is 14.4 Å². The van der Waals surface area contributed by atoms with Crippen molar-refractivity contribution >= 4 is 5.96 Å². The zero-order chi connectivity index (χ0) is 21.5. The Morgan fingerprint density at radius 1 is 1.26 bits per heavy atom. The van der Waals surface area contributed by atoms with Crippen LogP contribution in [-0.4, -0.2) is 72.7 Å². The predicted octanol–water partition coefficient (Wildman–Crippen LogP) is 2.89. The summed E-state index contributed by atoms with van der Waals surface area (Å²) in [6.45, 7) is 8.90. The van der Waals surface area contributed by atoms with Crippen LogP contribution in [0.4, 0.5) is 4.39 Å². The van der Waals surface area contributed by atoms with Gasteiger partial charge in [-0.15, -0.1) is 0 Å². The molecule has 7 nitrogen and oxygen atoms in total. The van der Waals surface area contributed by atoms with Crippen molar-refractivity contribution in [3.05, 3.63) is 54.0 Å². The number of halogens is 1. The van der Waals surface area contributed by atoms with E-state index in [1.54, 1.807) is 18.3 Å². The third-order valence-corrected chi connectivity index (χ3v) is 5.62. The zero-order valence-corrected chi connectivity index (χ0v) is 18.0. The largest absolute Gasteiger partial charge is 0.439 e. The fourth-order valence-electron chi connectivity index (χ4n) is 4.04. The molecule has 1 aromatic carbocycles. The van der Waals surface area contributed by atoms with Gasteiger partial charge in [-0.05, 0) is 31.5 Å². The number of rotatable bonds is 6. The van der Waals surface area contributed by atoms with E-state index in [2.05, 4.69) is 27.0 Å². The molecule has 0 aliphatic carbocycles. The molecule has 31 heavy (non-hydrogen) atoms. The first-order chi connectivity index (χ1) is 15.2. The third kappa shape index (κ3) is 5.71. The lowest BCUT2D eigenvalue weighted by Gasteiger charge is -2.32. The van der Waals surface area contributed by atoms with Gasteiger partial charge in [-0.1, -0.05) is 12.1 Å². The molecule has 0 amide bonds. The smallest absolute Gasteiger partial charge is 0.224 e. The average Bonchev–Trinajstić information content (AvgIpc) is 3.28. The van der Waals surface area contributed by atoms with Gasteiger partial charge < -0.3 is 19.7 Å². The van der Waals surface area contributed by atoms with Gasteiger partial charge >= 0.3 is 0 Å². The molecule has 0 radical (unpaired) electrons. The summed E-state index contributed by atoms with van der Waals surface area (Å²) in [6.07, 6.45) is 2.80. The number of aromatic nitrogens is 1. The minimum absolute atomic E-state index is 0.341. The Morgan fingerprint density at radius 3 is 2.94 bits per heavy atom. The molecule has 2 saturated heterocycles. The first kappa shape index (κ1) is 21.5. The minimum atomic E-state index is -0.341. The second-order valence-electron chi connectivity index (χ2n) is 7.73. The summed E-state index contributed by atoms with van der Waals surface area (Å²) in [5.74, 6) is 1.43. The maximum absolute atomic E-state index is 13.5. The summed E-state index contributed by atoms with van der Waals surface area (Å²) in [5.41, 5.74) is 0.853. The van der Waals surface area contributed by atoms with Gasteiger partial charge in [0.05, 0.1) is 19.8 Å². The lowest BCUT2D eigenvalue weighted by molar-refractivity contribution is 0.0195. The van der Waals surface area contributed by atoms with Crippen molar-refractivity contribution in [3.63, 3.8) is 0 Å². The van der Waals surface area contributed by atoms with Crippen LogP contribution in [0.15, 0.2) is 47.6 Å². The normalized spacial score (nSPS) is 20.1. The molecule has 0 spiro atoms. The predicted molar refractivity (Wildman–Crippen MR) is 118 cm³/mol. The van der Waals surface area contributed by atoms with Gasteiger partial charge in [-0.2, -0.15) is 0 Å². The summed E-state index contributed by atoms with van der Waals surface area (Å²) in [6, 6.07) is 10.4. The molecule has 2 aliphatic rings. The van der Waals surface area contributed by atoms with E-state index < -0.39 is 0 Å². The highest BCUT2D eigenvalue weighted by Gasteiger charge is 2.30. The monoisotopic (exact) mass is 427 g/mol. The van der Waals surface area contributed by atoms with E-state index in [0.29, 0.717) is 24.2 Å². The van der Waals surface area contributed by atoms with Crippen molar-refractivity contribution in [2.75, 3.05) is 45.9 Å². The minimum Gasteiger partial charge on any atom is -0.439 e. The highest BCUT2D eigenvalue weighted by atomic mass is 19.1. The molecule has 1 atom stereocenters. The van der Waals surface area contributed by atoms with Crippen LogP contribution >= 0.6 is 0 Å². The Balaban J connectivity index is 1.44. The van der Waals surface area contributed by atoms with Crippen LogP contribution in [0.1, 0.15) is 18.9 Å². The van der Waals surface area contributed by atoms with Crippen LogP contribution < -0.4 is 10.1 Å². The molecule has 0 saturated carbocycles. The van der Waals surface area contributed by atoms with E-state index >= 15 is 0 Å². The number of benzene rings is 1. The number of hydrogen-bond acceptors (Lipinski definition) is 5. The van der Waals surface area contributed by atoms with Crippen LogP contribution in [0.3, 0.4) is 0 Å². The summed E-state index contributed by atoms with van der Waals surface area (Å²) in [7, 11) is 0. The van der Waals surface area contributed by atoms with Crippen molar-refractivity contribution < 1.29 is 13.9 Å². The second-order valence-corrected chi connectivity index (χ2v) is 7.73. The molecular formula is C23H30FN5O2. The molecule has 8 heteroatoms. The molecule has 4 rings (SSSR count). The van der Waals surface area contributed by atoms with E-state index in [4.69, 9.17) is 14.5 Å². The average molecular weight is 428 g/mol. The van der Waals surface area contributed by atoms with Crippen molar-refractivity contribution in [2.45, 2.75) is 25.9 Å². The molecule has 3 heterocycles. The molecule has 1 aromatic heterocycles. The van der Waals surface area contributed by atoms with E-state index in [0.717, 1.165) is 63.9 Å². The number of likely N-dealkylation sites (tertiary alicyclic amines) is 1. The van der Waals surface area contributed by atoms with E-state index in [1.165, 1.54) is 12.1 Å². The Bertz CT molecular complexity index is 888. The fraction of sp³-hybridized carbons (Fsp3) is 0.478. The summed E-state index contributed by atoms with van der Waals surface area (Å²) in [4.78, 5) is 14.0. The summed E-state index contributed by atoms with van der Waals surface area (Å²) < 4.78 is 24.8. The highest BCUT2D eigenvalue weighted by Crippen LogP contribution is 2.24. The zero-order valence-electron chi connectivity index (χ0n) is 18.0. The first-order valence-corrected chi connectivity index (χ1v) is 11.0. The van der Waals surface area contributed by atoms with Crippen molar-refractivity contribution in [3.8, 4) is 11.6 Å². The van der Waals surface area contributed by atoms with Gasteiger partial charge in [0, 0.05) is 56.6 Å². The van der Waals surface area contributed by atoms with Crippen molar-refractivity contribution in [1.82, 2.24) is 20.1 Å². The fourth-order valence-corrected chi connectivity index (χ4v) is 4.04. The maximum Gasteiger partial charge on any atom is 0.224 e. The van der Waals surface area contributed by atoms with E-state index in [9.17, 15) is 4.39 Å². The van der Waals surface area contributed by atoms with Gasteiger partial charge in [0.15, 0.2) is 5.96 Å². The number of pyridine rings is 1. The molecule has 1 unspecified atom stereocenters. The molecular weight excluding hydrogens is 397 g/mol. The Hall–Kier alpha value is -2.71. The number of nitrogens with one attached hydrogen (secondary N) is 1. The molecule has 1 N–H and O–H groups in total. The summed E-state index contributed by atoms with van der Waals surface area (Å²) >= 11 is 0. The topological polar surface area (TPSA) is 62.2 Å². The van der Waals surface area contributed by atoms with E-state index in [1.807, 2.05) is 12.1 Å². The van der Waals surface area contributed by atoms with Crippen LogP contribution in [0.25, 0.3) is 0 Å². The lowest BCUT2D eigenvalue weighted by atomic mass is 10.2. The number of morpholine rings is 1. The molecule has 2 aliphatic heterocycles. The van der Waals surface area contributed by atoms with Gasteiger partial charge in [0.2, 0.25) is 5.88 Å². The second kappa shape index (κ2) is 10.5. The molecule has 2 aromatic rings. The van der Waals surface area contributed by atoms with Gasteiger partial charge in [0.1, 0.15) is 11.6 Å². The van der Waals surface area contributed by atoms with Crippen molar-refractivity contribution in [1.29, 1.82) is 0 Å². The van der Waals surface area contributed by atoms with Gasteiger partial charge in [-0.3, -0.25) is 4.90 Å². The Labute approximate surface area is 182 Å². The summed E-state index contributed by atoms with van der Waals surface area (Å²) in [5, 5.41) is 3.42. The molecule has 166 valence electrons. The van der Waals surface area contributed by atoms with Gasteiger partial charge in [0.25, 0.3) is 0 Å². The number of ether oxygens (including phenoxy) is 2. The van der Waals surface area contributed by atoms with Crippen LogP contribution in [0.5, 0.6) is 11.6 Å². The third-order valence-electron chi connectivity index (χ3n) is 5.62. The molecule has 0 bridgehead atoms. The van der Waals surface area contributed by atoms with Crippen LogP contribution in [0, 0.1) is 5.82 Å². The van der Waals surface area contributed by atoms with Crippen LogP contribution in [0.2, 0.25) is 0 Å². The first-order valence-electron chi connectivity index (χ1n) is 11.0.